The van der Waals surface area contributed by atoms with Crippen molar-refractivity contribution in [3.05, 3.63) is 5.82 Å². The summed E-state index contributed by atoms with van der Waals surface area (Å²) in [6.07, 6.45) is 6.13. The highest BCUT2D eigenvalue weighted by molar-refractivity contribution is 4.79. The minimum atomic E-state index is 0.772. The SMILES string of the molecule is CCCCCCn1nnnc1CNCCC. The molecule has 1 N–H and O–H groups in total. The second-order valence-corrected chi connectivity index (χ2v) is 4.06. The van der Waals surface area contributed by atoms with Crippen molar-refractivity contribution in [2.45, 2.75) is 59.0 Å². The van der Waals surface area contributed by atoms with E-state index in [4.69, 9.17) is 0 Å². The lowest BCUT2D eigenvalue weighted by Gasteiger charge is -2.04. The molecule has 16 heavy (non-hydrogen) atoms. The van der Waals surface area contributed by atoms with Crippen LogP contribution >= 0.6 is 0 Å². The molecule has 1 aromatic rings. The van der Waals surface area contributed by atoms with Gasteiger partial charge in [-0.3, -0.25) is 0 Å². The van der Waals surface area contributed by atoms with Gasteiger partial charge in [-0.25, -0.2) is 4.68 Å². The molecule has 0 bridgehead atoms. The lowest BCUT2D eigenvalue weighted by molar-refractivity contribution is 0.500. The van der Waals surface area contributed by atoms with Gasteiger partial charge in [0.05, 0.1) is 6.54 Å². The molecule has 0 aliphatic rings. The van der Waals surface area contributed by atoms with Gasteiger partial charge in [-0.2, -0.15) is 0 Å². The third-order valence-corrected chi connectivity index (χ3v) is 2.54. The van der Waals surface area contributed by atoms with Crippen LogP contribution in [0.4, 0.5) is 0 Å². The summed E-state index contributed by atoms with van der Waals surface area (Å²) in [6, 6.07) is 0. The zero-order valence-electron chi connectivity index (χ0n) is 10.4. The number of nitrogens with zero attached hydrogens (tertiary/aromatic N) is 4. The molecule has 1 heterocycles. The van der Waals surface area contributed by atoms with E-state index in [0.29, 0.717) is 0 Å². The number of hydrogen-bond donors (Lipinski definition) is 1. The zero-order chi connectivity index (χ0) is 11.6. The fourth-order valence-electron chi connectivity index (χ4n) is 1.59. The Bertz CT molecular complexity index is 271. The van der Waals surface area contributed by atoms with Gasteiger partial charge in [-0.1, -0.05) is 33.1 Å². The Balaban J connectivity index is 2.26. The molecule has 0 aliphatic heterocycles. The van der Waals surface area contributed by atoms with Crippen molar-refractivity contribution in [1.82, 2.24) is 25.5 Å². The zero-order valence-corrected chi connectivity index (χ0v) is 10.4. The van der Waals surface area contributed by atoms with Gasteiger partial charge in [-0.05, 0) is 29.8 Å². The van der Waals surface area contributed by atoms with Crippen molar-refractivity contribution in [3.63, 3.8) is 0 Å². The molecule has 92 valence electrons. The molecule has 0 spiro atoms. The minimum absolute atomic E-state index is 0.772. The highest BCUT2D eigenvalue weighted by atomic mass is 15.5. The third-order valence-electron chi connectivity index (χ3n) is 2.54. The van der Waals surface area contributed by atoms with Gasteiger partial charge in [0.2, 0.25) is 0 Å². The van der Waals surface area contributed by atoms with E-state index >= 15 is 0 Å². The number of aromatic nitrogens is 4. The van der Waals surface area contributed by atoms with Crippen LogP contribution in [0.5, 0.6) is 0 Å². The second kappa shape index (κ2) is 8.21. The molecule has 0 atom stereocenters. The summed E-state index contributed by atoms with van der Waals surface area (Å²) in [5.74, 6) is 0.949. The molecule has 5 nitrogen and oxygen atoms in total. The normalized spacial score (nSPS) is 10.9. The summed E-state index contributed by atoms with van der Waals surface area (Å²) < 4.78 is 1.92. The quantitative estimate of drug-likeness (QED) is 0.651. The van der Waals surface area contributed by atoms with Crippen LogP contribution < -0.4 is 5.32 Å². The molecule has 0 fully saturated rings. The van der Waals surface area contributed by atoms with Crippen LogP contribution in [-0.2, 0) is 13.1 Å². The van der Waals surface area contributed by atoms with Gasteiger partial charge in [0, 0.05) is 6.54 Å². The maximum atomic E-state index is 4.03. The molecule has 0 saturated heterocycles. The van der Waals surface area contributed by atoms with Crippen LogP contribution in [0.3, 0.4) is 0 Å². The fourth-order valence-corrected chi connectivity index (χ4v) is 1.59. The molecular formula is C11H23N5. The molecule has 0 saturated carbocycles. The Morgan fingerprint density at radius 2 is 2.00 bits per heavy atom. The molecule has 0 aromatic carbocycles. The van der Waals surface area contributed by atoms with Crippen LogP contribution in [0.2, 0.25) is 0 Å². The van der Waals surface area contributed by atoms with Gasteiger partial charge in [0.1, 0.15) is 0 Å². The minimum Gasteiger partial charge on any atom is -0.310 e. The van der Waals surface area contributed by atoms with Crippen molar-refractivity contribution in [2.24, 2.45) is 0 Å². The fraction of sp³-hybridized carbons (Fsp3) is 0.909. The largest absolute Gasteiger partial charge is 0.310 e. The van der Waals surface area contributed by atoms with E-state index in [2.05, 4.69) is 34.7 Å². The van der Waals surface area contributed by atoms with Crippen molar-refractivity contribution < 1.29 is 0 Å². The highest BCUT2D eigenvalue weighted by Crippen LogP contribution is 2.02. The van der Waals surface area contributed by atoms with Crippen LogP contribution in [0, 0.1) is 0 Å². The van der Waals surface area contributed by atoms with Gasteiger partial charge in [0.25, 0.3) is 0 Å². The number of hydrogen-bond acceptors (Lipinski definition) is 4. The van der Waals surface area contributed by atoms with Crippen LogP contribution in [0.15, 0.2) is 0 Å². The lowest BCUT2D eigenvalue weighted by Crippen LogP contribution is -2.18. The number of tetrazole rings is 1. The molecule has 0 unspecified atom stereocenters. The smallest absolute Gasteiger partial charge is 0.165 e. The predicted octanol–water partition coefficient (Wildman–Crippen LogP) is 1.75. The van der Waals surface area contributed by atoms with E-state index < -0.39 is 0 Å². The molecular weight excluding hydrogens is 202 g/mol. The van der Waals surface area contributed by atoms with E-state index in [1.807, 2.05) is 4.68 Å². The topological polar surface area (TPSA) is 55.6 Å². The van der Waals surface area contributed by atoms with Crippen LogP contribution in [-0.4, -0.2) is 26.8 Å². The number of aryl methyl sites for hydroxylation is 1. The summed E-state index contributed by atoms with van der Waals surface area (Å²) in [5.41, 5.74) is 0. The van der Waals surface area contributed by atoms with Crippen molar-refractivity contribution >= 4 is 0 Å². The molecule has 5 heteroatoms. The Labute approximate surface area is 97.6 Å². The summed E-state index contributed by atoms with van der Waals surface area (Å²) in [5, 5.41) is 15.1. The maximum absolute atomic E-state index is 4.03. The Hall–Kier alpha value is -0.970. The average Bonchev–Trinajstić information content (AvgIpc) is 2.73. The van der Waals surface area contributed by atoms with Crippen LogP contribution in [0.1, 0.15) is 51.8 Å². The predicted molar refractivity (Wildman–Crippen MR) is 64.0 cm³/mol. The average molecular weight is 225 g/mol. The second-order valence-electron chi connectivity index (χ2n) is 4.06. The molecule has 0 radical (unpaired) electrons. The molecule has 1 aromatic heterocycles. The molecule has 1 rings (SSSR count). The standard InChI is InChI=1S/C11H23N5/c1-3-5-6-7-9-16-11(13-14-15-16)10-12-8-4-2/h12H,3-10H2,1-2H3. The van der Waals surface area contributed by atoms with Crippen LogP contribution in [0.25, 0.3) is 0 Å². The number of unbranched alkanes of at least 4 members (excludes halogenated alkanes) is 3. The van der Waals surface area contributed by atoms with Crippen molar-refractivity contribution in [3.8, 4) is 0 Å². The van der Waals surface area contributed by atoms with Gasteiger partial charge >= 0.3 is 0 Å². The first kappa shape index (κ1) is 13.1. The highest BCUT2D eigenvalue weighted by Gasteiger charge is 2.04. The lowest BCUT2D eigenvalue weighted by atomic mass is 10.2. The van der Waals surface area contributed by atoms with E-state index in [9.17, 15) is 0 Å². The summed E-state index contributed by atoms with van der Waals surface area (Å²) in [7, 11) is 0. The Morgan fingerprint density at radius 3 is 2.75 bits per heavy atom. The van der Waals surface area contributed by atoms with E-state index in [1.54, 1.807) is 0 Å². The number of nitrogens with one attached hydrogen (secondary N) is 1. The summed E-state index contributed by atoms with van der Waals surface area (Å²) in [6.45, 7) is 7.10. The summed E-state index contributed by atoms with van der Waals surface area (Å²) >= 11 is 0. The van der Waals surface area contributed by atoms with E-state index in [-0.39, 0.29) is 0 Å². The summed E-state index contributed by atoms with van der Waals surface area (Å²) in [4.78, 5) is 0. The van der Waals surface area contributed by atoms with E-state index in [0.717, 1.165) is 31.9 Å². The first-order valence-electron chi connectivity index (χ1n) is 6.34. The Morgan fingerprint density at radius 1 is 1.12 bits per heavy atom. The maximum Gasteiger partial charge on any atom is 0.165 e. The molecule has 0 amide bonds. The van der Waals surface area contributed by atoms with Gasteiger partial charge < -0.3 is 5.32 Å². The Kier molecular flexibility index (Phi) is 6.72. The first-order valence-corrected chi connectivity index (χ1v) is 6.34. The third kappa shape index (κ3) is 4.70. The van der Waals surface area contributed by atoms with Gasteiger partial charge in [-0.15, -0.1) is 5.10 Å². The monoisotopic (exact) mass is 225 g/mol. The molecule has 0 aliphatic carbocycles. The number of rotatable bonds is 9. The van der Waals surface area contributed by atoms with E-state index in [1.165, 1.54) is 25.7 Å². The van der Waals surface area contributed by atoms with Crippen molar-refractivity contribution in [1.29, 1.82) is 0 Å². The first-order chi connectivity index (χ1) is 7.88. The van der Waals surface area contributed by atoms with Crippen molar-refractivity contribution in [2.75, 3.05) is 6.54 Å². The van der Waals surface area contributed by atoms with Gasteiger partial charge in [0.15, 0.2) is 5.82 Å².